The summed E-state index contributed by atoms with van der Waals surface area (Å²) in [4.78, 5) is 31.5. The predicted octanol–water partition coefficient (Wildman–Crippen LogP) is 4.85. The summed E-state index contributed by atoms with van der Waals surface area (Å²) in [6.45, 7) is 12.8. The summed E-state index contributed by atoms with van der Waals surface area (Å²) in [5.41, 5.74) is 3.65. The van der Waals surface area contributed by atoms with Gasteiger partial charge in [0.2, 0.25) is 0 Å². The van der Waals surface area contributed by atoms with Crippen LogP contribution < -0.4 is 5.32 Å². The first-order chi connectivity index (χ1) is 17.0. The number of nitrogens with zero attached hydrogens (tertiary/aromatic N) is 3. The number of hydrogen-bond acceptors (Lipinski definition) is 5. The maximum atomic E-state index is 12.8. The lowest BCUT2D eigenvalue weighted by atomic mass is 9.95. The minimum Gasteiger partial charge on any atom is -0.453 e. The van der Waals surface area contributed by atoms with Crippen molar-refractivity contribution in [1.82, 2.24) is 14.7 Å². The maximum absolute atomic E-state index is 12.8. The van der Waals surface area contributed by atoms with Gasteiger partial charge in [-0.3, -0.25) is 15.0 Å². The second-order valence-electron chi connectivity index (χ2n) is 8.98. The Morgan fingerprint density at radius 3 is 2.26 bits per heavy atom. The average Bonchev–Trinajstić information content (AvgIpc) is 2.89. The lowest BCUT2D eigenvalue weighted by molar-refractivity contribution is 0.0773. The molecule has 7 heteroatoms. The number of unbranched alkanes of at least 4 members (excludes halogenated alkanes) is 1. The molecule has 1 heterocycles. The molecule has 2 aromatic rings. The number of rotatable bonds is 10. The zero-order valence-electron chi connectivity index (χ0n) is 21.6. The molecule has 3 rings (SSSR count). The molecule has 0 saturated carbocycles. The minimum absolute atomic E-state index is 0.0281. The molecule has 1 atom stereocenters. The minimum atomic E-state index is -0.484. The van der Waals surface area contributed by atoms with Crippen molar-refractivity contribution in [2.24, 2.45) is 0 Å². The summed E-state index contributed by atoms with van der Waals surface area (Å²) < 4.78 is 4.77. The van der Waals surface area contributed by atoms with Crippen LogP contribution in [0.15, 0.2) is 48.5 Å². The van der Waals surface area contributed by atoms with E-state index in [0.717, 1.165) is 43.9 Å². The van der Waals surface area contributed by atoms with Gasteiger partial charge >= 0.3 is 6.09 Å². The standard InChI is InChI=1S/C28H40N4O3/c1-5-8-16-30-17-19-32(20-18-30)26(24-10-9-11-25(21-24)29-28(34)35-4)22-12-14-23(15-13-22)27(33)31(6-2)7-3/h9-15,21,26H,5-8,16-20H2,1-4H3,(H,29,34)/t26-/m1/s1. The molecule has 0 spiro atoms. The smallest absolute Gasteiger partial charge is 0.411 e. The van der Waals surface area contributed by atoms with Gasteiger partial charge in [-0.05, 0) is 62.2 Å². The Hall–Kier alpha value is -2.90. The van der Waals surface area contributed by atoms with Crippen LogP contribution in [-0.2, 0) is 4.74 Å². The lowest BCUT2D eigenvalue weighted by Crippen LogP contribution is -2.48. The van der Waals surface area contributed by atoms with Crippen molar-refractivity contribution in [2.45, 2.75) is 39.7 Å². The molecule has 1 saturated heterocycles. The normalized spacial score (nSPS) is 15.4. The second kappa shape index (κ2) is 13.3. The molecule has 0 radical (unpaired) electrons. The number of ether oxygens (including phenoxy) is 1. The van der Waals surface area contributed by atoms with Crippen LogP contribution in [0.4, 0.5) is 10.5 Å². The van der Waals surface area contributed by atoms with Gasteiger partial charge in [-0.15, -0.1) is 0 Å². The van der Waals surface area contributed by atoms with E-state index in [1.165, 1.54) is 20.0 Å². The van der Waals surface area contributed by atoms with Crippen LogP contribution in [0.25, 0.3) is 0 Å². The topological polar surface area (TPSA) is 65.1 Å². The van der Waals surface area contributed by atoms with Gasteiger partial charge in [0.05, 0.1) is 13.2 Å². The van der Waals surface area contributed by atoms with E-state index in [-0.39, 0.29) is 11.9 Å². The van der Waals surface area contributed by atoms with Crippen LogP contribution in [0.1, 0.15) is 61.1 Å². The van der Waals surface area contributed by atoms with E-state index >= 15 is 0 Å². The Balaban J connectivity index is 1.88. The first-order valence-electron chi connectivity index (χ1n) is 12.8. The third-order valence-electron chi connectivity index (χ3n) is 6.76. The number of amides is 2. The molecular formula is C28H40N4O3. The first kappa shape index (κ1) is 26.7. The number of methoxy groups -OCH3 is 1. The van der Waals surface area contributed by atoms with Crippen LogP contribution in [0.2, 0.25) is 0 Å². The van der Waals surface area contributed by atoms with E-state index < -0.39 is 6.09 Å². The van der Waals surface area contributed by atoms with E-state index in [1.54, 1.807) is 0 Å². The number of carbonyl (C=O) groups excluding carboxylic acids is 2. The number of nitrogens with one attached hydrogen (secondary N) is 1. The molecule has 0 aromatic heterocycles. The lowest BCUT2D eigenvalue weighted by Gasteiger charge is -2.40. The number of carbonyl (C=O) groups is 2. The summed E-state index contributed by atoms with van der Waals surface area (Å²) in [5, 5.41) is 2.78. The van der Waals surface area contributed by atoms with Crippen LogP contribution in [-0.4, -0.2) is 79.6 Å². The van der Waals surface area contributed by atoms with Crippen molar-refractivity contribution in [3.05, 3.63) is 65.2 Å². The van der Waals surface area contributed by atoms with Crippen LogP contribution >= 0.6 is 0 Å². The molecule has 1 aliphatic heterocycles. The van der Waals surface area contributed by atoms with Crippen molar-refractivity contribution in [2.75, 3.05) is 58.2 Å². The molecule has 2 aromatic carbocycles. The third kappa shape index (κ3) is 7.05. The van der Waals surface area contributed by atoms with Gasteiger partial charge < -0.3 is 14.5 Å². The zero-order chi connectivity index (χ0) is 25.2. The van der Waals surface area contributed by atoms with Gasteiger partial charge in [-0.2, -0.15) is 0 Å². The van der Waals surface area contributed by atoms with E-state index in [9.17, 15) is 9.59 Å². The van der Waals surface area contributed by atoms with Gasteiger partial charge in [0.15, 0.2) is 0 Å². The Kier molecular flexibility index (Phi) is 10.1. The van der Waals surface area contributed by atoms with Gasteiger partial charge in [-0.1, -0.05) is 37.6 Å². The highest BCUT2D eigenvalue weighted by Gasteiger charge is 2.27. The summed E-state index contributed by atoms with van der Waals surface area (Å²) in [5.74, 6) is 0.0620. The fourth-order valence-corrected chi connectivity index (χ4v) is 4.70. The van der Waals surface area contributed by atoms with E-state index in [0.29, 0.717) is 24.3 Å². The highest BCUT2D eigenvalue weighted by molar-refractivity contribution is 5.94. The molecule has 1 N–H and O–H groups in total. The Morgan fingerprint density at radius 2 is 1.66 bits per heavy atom. The molecule has 190 valence electrons. The molecule has 1 fully saturated rings. The summed E-state index contributed by atoms with van der Waals surface area (Å²) in [6.07, 6.45) is 1.95. The summed E-state index contributed by atoms with van der Waals surface area (Å²) in [6, 6.07) is 16.0. The van der Waals surface area contributed by atoms with Crippen molar-refractivity contribution in [1.29, 1.82) is 0 Å². The predicted molar refractivity (Wildman–Crippen MR) is 141 cm³/mol. The van der Waals surface area contributed by atoms with Gasteiger partial charge in [0.25, 0.3) is 5.91 Å². The van der Waals surface area contributed by atoms with Crippen molar-refractivity contribution in [3.63, 3.8) is 0 Å². The third-order valence-corrected chi connectivity index (χ3v) is 6.76. The summed E-state index contributed by atoms with van der Waals surface area (Å²) in [7, 11) is 1.36. The summed E-state index contributed by atoms with van der Waals surface area (Å²) >= 11 is 0. The molecule has 1 aliphatic rings. The van der Waals surface area contributed by atoms with Crippen molar-refractivity contribution < 1.29 is 14.3 Å². The van der Waals surface area contributed by atoms with Gasteiger partial charge in [0.1, 0.15) is 0 Å². The zero-order valence-corrected chi connectivity index (χ0v) is 21.6. The Morgan fingerprint density at radius 1 is 0.971 bits per heavy atom. The van der Waals surface area contributed by atoms with Crippen LogP contribution in [0.3, 0.4) is 0 Å². The fraction of sp³-hybridized carbons (Fsp3) is 0.500. The van der Waals surface area contributed by atoms with E-state index in [2.05, 4.69) is 40.2 Å². The molecule has 35 heavy (non-hydrogen) atoms. The fourth-order valence-electron chi connectivity index (χ4n) is 4.70. The average molecular weight is 481 g/mol. The van der Waals surface area contributed by atoms with Gasteiger partial charge in [0, 0.05) is 50.5 Å². The quantitative estimate of drug-likeness (QED) is 0.526. The monoisotopic (exact) mass is 480 g/mol. The van der Waals surface area contributed by atoms with Crippen LogP contribution in [0.5, 0.6) is 0 Å². The SMILES string of the molecule is CCCCN1CCN([C@H](c2ccc(C(=O)N(CC)CC)cc2)c2cccc(NC(=O)OC)c2)CC1. The molecular weight excluding hydrogens is 440 g/mol. The number of anilines is 1. The van der Waals surface area contributed by atoms with Crippen LogP contribution in [0, 0.1) is 0 Å². The molecule has 2 amide bonds. The van der Waals surface area contributed by atoms with Gasteiger partial charge in [-0.25, -0.2) is 4.79 Å². The first-order valence-corrected chi connectivity index (χ1v) is 12.8. The Labute approximate surface area is 210 Å². The maximum Gasteiger partial charge on any atom is 0.411 e. The molecule has 0 bridgehead atoms. The molecule has 0 aliphatic carbocycles. The van der Waals surface area contributed by atoms with E-state index in [1.807, 2.05) is 49.1 Å². The molecule has 0 unspecified atom stereocenters. The highest BCUT2D eigenvalue weighted by atomic mass is 16.5. The van der Waals surface area contributed by atoms with Crippen molar-refractivity contribution in [3.8, 4) is 0 Å². The van der Waals surface area contributed by atoms with E-state index in [4.69, 9.17) is 4.74 Å². The highest BCUT2D eigenvalue weighted by Crippen LogP contribution is 2.31. The van der Waals surface area contributed by atoms with Crippen molar-refractivity contribution >= 4 is 17.7 Å². The second-order valence-corrected chi connectivity index (χ2v) is 8.98. The number of benzene rings is 2. The number of hydrogen-bond donors (Lipinski definition) is 1. The molecule has 7 nitrogen and oxygen atoms in total. The number of piperazine rings is 1. The Bertz CT molecular complexity index is 951. The largest absolute Gasteiger partial charge is 0.453 e.